The van der Waals surface area contributed by atoms with Gasteiger partial charge in [-0.3, -0.25) is 4.90 Å². The van der Waals surface area contributed by atoms with Crippen LogP contribution in [0.25, 0.3) is 0 Å². The van der Waals surface area contributed by atoms with Gasteiger partial charge in [0, 0.05) is 24.0 Å². The lowest BCUT2D eigenvalue weighted by molar-refractivity contribution is 0.157. The molecule has 2 heterocycles. The molecule has 2 N–H and O–H groups in total. The molecular weight excluding hydrogens is 280 g/mol. The summed E-state index contributed by atoms with van der Waals surface area (Å²) in [6.07, 6.45) is 3.99. The van der Waals surface area contributed by atoms with Crippen molar-refractivity contribution in [1.29, 1.82) is 0 Å². The molecule has 0 saturated carbocycles. The van der Waals surface area contributed by atoms with Gasteiger partial charge in [-0.1, -0.05) is 19.4 Å². The first kappa shape index (κ1) is 16.3. The van der Waals surface area contributed by atoms with E-state index in [0.717, 1.165) is 32.1 Å². The number of hydrogen-bond acceptors (Lipinski definition) is 3. The van der Waals surface area contributed by atoms with Crippen LogP contribution >= 0.6 is 11.3 Å². The average Bonchev–Trinajstić information content (AvgIpc) is 3.03. The minimum Gasteiger partial charge on any atom is -0.357 e. The van der Waals surface area contributed by atoms with Crippen molar-refractivity contribution in [3.8, 4) is 0 Å². The number of likely N-dealkylation sites (tertiary alicyclic amines) is 1. The monoisotopic (exact) mass is 308 g/mol. The zero-order valence-corrected chi connectivity index (χ0v) is 14.1. The summed E-state index contributed by atoms with van der Waals surface area (Å²) in [5.74, 6) is 0.938. The molecule has 1 aromatic heterocycles. The Morgan fingerprint density at radius 1 is 1.38 bits per heavy atom. The lowest BCUT2D eigenvalue weighted by atomic mass is 10.0. The Morgan fingerprint density at radius 2 is 2.29 bits per heavy atom. The first-order valence-corrected chi connectivity index (χ1v) is 9.00. The van der Waals surface area contributed by atoms with Crippen LogP contribution in [-0.2, 0) is 6.54 Å². The van der Waals surface area contributed by atoms with Gasteiger partial charge in [0.1, 0.15) is 0 Å². The van der Waals surface area contributed by atoms with Crippen molar-refractivity contribution < 1.29 is 0 Å². The molecule has 21 heavy (non-hydrogen) atoms. The average molecular weight is 308 g/mol. The highest BCUT2D eigenvalue weighted by Gasteiger charge is 2.20. The molecule has 1 aliphatic rings. The summed E-state index contributed by atoms with van der Waals surface area (Å²) in [5.41, 5.74) is 0. The van der Waals surface area contributed by atoms with E-state index in [0.29, 0.717) is 6.04 Å². The van der Waals surface area contributed by atoms with Crippen LogP contribution in [0.5, 0.6) is 0 Å². The Kier molecular flexibility index (Phi) is 7.03. The second-order valence-corrected chi connectivity index (χ2v) is 6.47. The standard InChI is InChI=1S/C16H28N4S/c1-3-17-16(19-13-15-9-7-11-21-15)18-12-14-8-5-6-10-20(14)4-2/h7,9,11,14H,3-6,8,10,12-13H2,1-2H3,(H2,17,18,19). The van der Waals surface area contributed by atoms with Gasteiger partial charge in [-0.05, 0) is 44.3 Å². The highest BCUT2D eigenvalue weighted by molar-refractivity contribution is 7.09. The van der Waals surface area contributed by atoms with Gasteiger partial charge in [-0.2, -0.15) is 0 Å². The topological polar surface area (TPSA) is 39.7 Å². The van der Waals surface area contributed by atoms with Gasteiger partial charge in [0.25, 0.3) is 0 Å². The molecule has 0 aromatic carbocycles. The summed E-state index contributed by atoms with van der Waals surface area (Å²) in [5, 5.41) is 8.96. The van der Waals surface area contributed by atoms with E-state index in [-0.39, 0.29) is 0 Å². The maximum Gasteiger partial charge on any atom is 0.191 e. The molecule has 0 radical (unpaired) electrons. The van der Waals surface area contributed by atoms with Crippen LogP contribution in [0.1, 0.15) is 38.0 Å². The van der Waals surface area contributed by atoms with Crippen molar-refractivity contribution in [2.75, 3.05) is 26.2 Å². The molecule has 1 fully saturated rings. The Balaban J connectivity index is 1.85. The van der Waals surface area contributed by atoms with Crippen LogP contribution in [0.2, 0.25) is 0 Å². The van der Waals surface area contributed by atoms with Crippen molar-refractivity contribution in [3.05, 3.63) is 22.4 Å². The number of hydrogen-bond donors (Lipinski definition) is 2. The van der Waals surface area contributed by atoms with E-state index in [1.165, 1.54) is 30.7 Å². The van der Waals surface area contributed by atoms with E-state index >= 15 is 0 Å². The largest absolute Gasteiger partial charge is 0.357 e. The van der Waals surface area contributed by atoms with Gasteiger partial charge in [-0.25, -0.2) is 4.99 Å². The molecule has 5 heteroatoms. The predicted octanol–water partition coefficient (Wildman–Crippen LogP) is 2.68. The van der Waals surface area contributed by atoms with Crippen molar-refractivity contribution in [1.82, 2.24) is 15.5 Å². The normalized spacial score (nSPS) is 20.5. The zero-order valence-electron chi connectivity index (χ0n) is 13.3. The summed E-state index contributed by atoms with van der Waals surface area (Å²) in [6, 6.07) is 4.86. The lowest BCUT2D eigenvalue weighted by Gasteiger charge is -2.35. The number of likely N-dealkylation sites (N-methyl/N-ethyl adjacent to an activating group) is 1. The number of rotatable bonds is 6. The summed E-state index contributed by atoms with van der Waals surface area (Å²) in [7, 11) is 0. The van der Waals surface area contributed by atoms with Crippen LogP contribution in [-0.4, -0.2) is 43.1 Å². The third kappa shape index (κ3) is 5.32. The summed E-state index contributed by atoms with van der Waals surface area (Å²) >= 11 is 1.76. The number of aliphatic imine (C=N–C) groups is 1. The van der Waals surface area contributed by atoms with Crippen LogP contribution < -0.4 is 10.6 Å². The zero-order chi connectivity index (χ0) is 14.9. The van der Waals surface area contributed by atoms with E-state index in [1.54, 1.807) is 11.3 Å². The molecule has 118 valence electrons. The van der Waals surface area contributed by atoms with E-state index in [1.807, 2.05) is 0 Å². The highest BCUT2D eigenvalue weighted by Crippen LogP contribution is 2.15. The van der Waals surface area contributed by atoms with Crippen LogP contribution in [0.15, 0.2) is 22.5 Å². The predicted molar refractivity (Wildman–Crippen MR) is 92.0 cm³/mol. The van der Waals surface area contributed by atoms with Crippen molar-refractivity contribution in [2.24, 2.45) is 4.99 Å². The molecule has 1 atom stereocenters. The summed E-state index contributed by atoms with van der Waals surface area (Å²) < 4.78 is 0. The molecule has 2 rings (SSSR count). The molecule has 1 aliphatic heterocycles. The number of nitrogens with one attached hydrogen (secondary N) is 2. The van der Waals surface area contributed by atoms with Crippen LogP contribution in [0.3, 0.4) is 0 Å². The van der Waals surface area contributed by atoms with Crippen LogP contribution in [0.4, 0.5) is 0 Å². The molecule has 1 aromatic rings. The summed E-state index contributed by atoms with van der Waals surface area (Å²) in [4.78, 5) is 8.57. The van der Waals surface area contributed by atoms with E-state index in [2.05, 4.69) is 51.9 Å². The molecule has 1 unspecified atom stereocenters. The quantitative estimate of drug-likeness (QED) is 0.627. The maximum absolute atomic E-state index is 4.68. The molecular formula is C16H28N4S. The minimum absolute atomic E-state index is 0.648. The molecule has 0 aliphatic carbocycles. The van der Waals surface area contributed by atoms with Gasteiger partial charge in [-0.15, -0.1) is 11.3 Å². The second-order valence-electron chi connectivity index (χ2n) is 5.43. The molecule has 4 nitrogen and oxygen atoms in total. The van der Waals surface area contributed by atoms with Gasteiger partial charge < -0.3 is 10.6 Å². The van der Waals surface area contributed by atoms with Gasteiger partial charge in [0.05, 0.1) is 6.54 Å². The van der Waals surface area contributed by atoms with Crippen molar-refractivity contribution in [3.63, 3.8) is 0 Å². The number of thiophene rings is 1. The smallest absolute Gasteiger partial charge is 0.191 e. The van der Waals surface area contributed by atoms with Crippen LogP contribution in [0, 0.1) is 0 Å². The van der Waals surface area contributed by atoms with Gasteiger partial charge in [0.15, 0.2) is 5.96 Å². The van der Waals surface area contributed by atoms with E-state index < -0.39 is 0 Å². The number of nitrogens with zero attached hydrogens (tertiary/aromatic N) is 2. The SMILES string of the molecule is CCNC(=NCc1cccs1)NCC1CCCCN1CC. The van der Waals surface area contributed by atoms with E-state index in [9.17, 15) is 0 Å². The van der Waals surface area contributed by atoms with Gasteiger partial charge in [0.2, 0.25) is 0 Å². The Morgan fingerprint density at radius 3 is 3.00 bits per heavy atom. The third-order valence-corrected chi connectivity index (χ3v) is 4.84. The van der Waals surface area contributed by atoms with Gasteiger partial charge >= 0.3 is 0 Å². The first-order valence-electron chi connectivity index (χ1n) is 8.12. The molecule has 0 amide bonds. The highest BCUT2D eigenvalue weighted by atomic mass is 32.1. The number of guanidine groups is 1. The summed E-state index contributed by atoms with van der Waals surface area (Å²) in [6.45, 7) is 9.41. The third-order valence-electron chi connectivity index (χ3n) is 3.98. The fourth-order valence-corrected chi connectivity index (χ4v) is 3.45. The lowest BCUT2D eigenvalue weighted by Crippen LogP contribution is -2.49. The maximum atomic E-state index is 4.68. The number of piperidine rings is 1. The Labute approximate surface area is 132 Å². The first-order chi connectivity index (χ1) is 10.3. The fourth-order valence-electron chi connectivity index (χ4n) is 2.82. The van der Waals surface area contributed by atoms with Crippen molar-refractivity contribution >= 4 is 17.3 Å². The molecule has 1 saturated heterocycles. The Bertz CT molecular complexity index is 416. The second kappa shape index (κ2) is 9.05. The Hall–Kier alpha value is -1.07. The van der Waals surface area contributed by atoms with E-state index in [4.69, 9.17) is 0 Å². The molecule has 0 spiro atoms. The fraction of sp³-hybridized carbons (Fsp3) is 0.688. The van der Waals surface area contributed by atoms with Crippen molar-refractivity contribution in [2.45, 2.75) is 45.7 Å². The minimum atomic E-state index is 0.648. The molecule has 0 bridgehead atoms.